The predicted octanol–water partition coefficient (Wildman–Crippen LogP) is 6.78. The van der Waals surface area contributed by atoms with Gasteiger partial charge < -0.3 is 0 Å². The average molecular weight is 480 g/mol. The number of fused-ring (bicyclic) bond motifs is 5. The number of nitrogens with zero attached hydrogens (tertiary/aromatic N) is 1. The second-order valence-electron chi connectivity index (χ2n) is 9.95. The molecule has 1 saturated heterocycles. The molecular weight excluding hydrogens is 454 g/mol. The van der Waals surface area contributed by atoms with Crippen molar-refractivity contribution in [3.8, 4) is 11.1 Å². The molecule has 1 saturated carbocycles. The number of rotatable bonds is 4. The summed E-state index contributed by atoms with van der Waals surface area (Å²) >= 11 is 0. The van der Waals surface area contributed by atoms with Gasteiger partial charge >= 0.3 is 0 Å². The predicted molar refractivity (Wildman–Crippen MR) is 146 cm³/mol. The van der Waals surface area contributed by atoms with Gasteiger partial charge in [0, 0.05) is 17.4 Å². The average Bonchev–Trinajstić information content (AvgIpc) is 3.59. The minimum absolute atomic E-state index is 0.0873. The third-order valence-electron chi connectivity index (χ3n) is 8.06. The SMILES string of the molecule is O=C1[C@@H]2[C@H](C(=O)N1c1ccccc1-c1ccccc1)[C@H]1C=C[C@H]2C1=C(c1ccccc1)c1ccccc1. The first kappa shape index (κ1) is 21.8. The van der Waals surface area contributed by atoms with Gasteiger partial charge in [0.05, 0.1) is 17.5 Å². The lowest BCUT2D eigenvalue weighted by atomic mass is 9.85. The fraction of sp³-hybridized carbons (Fsp3) is 0.118. The van der Waals surface area contributed by atoms with Crippen molar-refractivity contribution < 1.29 is 9.59 Å². The van der Waals surface area contributed by atoms with Crippen LogP contribution in [0.3, 0.4) is 0 Å². The largest absolute Gasteiger partial charge is 0.274 e. The first-order valence-corrected chi connectivity index (χ1v) is 12.8. The normalized spacial score (nSPS) is 23.6. The van der Waals surface area contributed by atoms with E-state index in [1.807, 2.05) is 91.0 Å². The number of imide groups is 1. The molecule has 2 aliphatic carbocycles. The highest BCUT2D eigenvalue weighted by atomic mass is 16.2. The van der Waals surface area contributed by atoms with Crippen molar-refractivity contribution in [1.29, 1.82) is 0 Å². The Hall–Kier alpha value is -4.50. The Kier molecular flexibility index (Phi) is 5.03. The minimum atomic E-state index is -0.372. The fourth-order valence-electron chi connectivity index (χ4n) is 6.57. The van der Waals surface area contributed by atoms with Gasteiger partial charge in [0.1, 0.15) is 0 Å². The third kappa shape index (κ3) is 3.27. The molecule has 3 aliphatic rings. The quantitative estimate of drug-likeness (QED) is 0.239. The molecule has 3 heteroatoms. The summed E-state index contributed by atoms with van der Waals surface area (Å²) in [7, 11) is 0. The van der Waals surface area contributed by atoms with Crippen LogP contribution < -0.4 is 4.90 Å². The van der Waals surface area contributed by atoms with Gasteiger partial charge in [-0.2, -0.15) is 0 Å². The molecule has 37 heavy (non-hydrogen) atoms. The molecule has 0 unspecified atom stereocenters. The first-order chi connectivity index (χ1) is 18.2. The Morgan fingerprint density at radius 1 is 0.541 bits per heavy atom. The number of carbonyl (C=O) groups excluding carboxylic acids is 2. The fourth-order valence-corrected chi connectivity index (χ4v) is 6.57. The van der Waals surface area contributed by atoms with Crippen LogP contribution in [-0.4, -0.2) is 11.8 Å². The molecule has 2 fully saturated rings. The van der Waals surface area contributed by atoms with E-state index < -0.39 is 0 Å². The van der Waals surface area contributed by atoms with Crippen molar-refractivity contribution in [1.82, 2.24) is 0 Å². The Labute approximate surface area is 216 Å². The van der Waals surface area contributed by atoms with E-state index in [1.165, 1.54) is 10.5 Å². The third-order valence-corrected chi connectivity index (χ3v) is 8.06. The Morgan fingerprint density at radius 2 is 1.00 bits per heavy atom. The monoisotopic (exact) mass is 479 g/mol. The van der Waals surface area contributed by atoms with Gasteiger partial charge in [-0.1, -0.05) is 121 Å². The van der Waals surface area contributed by atoms with Crippen molar-refractivity contribution in [2.75, 3.05) is 4.90 Å². The number of benzene rings is 4. The van der Waals surface area contributed by atoms with Gasteiger partial charge in [0.25, 0.3) is 0 Å². The van der Waals surface area contributed by atoms with Gasteiger partial charge in [-0.25, -0.2) is 4.90 Å². The zero-order chi connectivity index (χ0) is 24.9. The van der Waals surface area contributed by atoms with E-state index in [9.17, 15) is 9.59 Å². The molecule has 178 valence electrons. The van der Waals surface area contributed by atoms with Crippen LogP contribution in [0, 0.1) is 23.7 Å². The lowest BCUT2D eigenvalue weighted by Gasteiger charge is -2.23. The summed E-state index contributed by atoms with van der Waals surface area (Å²) in [5.74, 6) is -1.10. The molecule has 3 nitrogen and oxygen atoms in total. The van der Waals surface area contributed by atoms with Crippen molar-refractivity contribution >= 4 is 23.1 Å². The number of allylic oxidation sites excluding steroid dienone is 3. The maximum atomic E-state index is 14.1. The van der Waals surface area contributed by atoms with Crippen LogP contribution in [-0.2, 0) is 9.59 Å². The zero-order valence-electron chi connectivity index (χ0n) is 20.2. The number of para-hydroxylation sites is 1. The van der Waals surface area contributed by atoms with Gasteiger partial charge in [0.2, 0.25) is 11.8 Å². The van der Waals surface area contributed by atoms with Crippen LogP contribution in [0.4, 0.5) is 5.69 Å². The molecule has 4 aromatic carbocycles. The Bertz CT molecular complexity index is 1490. The van der Waals surface area contributed by atoms with Gasteiger partial charge in [-0.05, 0) is 33.9 Å². The van der Waals surface area contributed by atoms with E-state index in [4.69, 9.17) is 0 Å². The zero-order valence-corrected chi connectivity index (χ0v) is 20.2. The molecule has 1 heterocycles. The molecule has 0 radical (unpaired) electrons. The molecule has 4 atom stereocenters. The standard InChI is InChI=1S/C34H25NO2/c36-33-31-26-20-21-27(30(26)29(23-14-6-2-7-15-23)24-16-8-3-9-17-24)32(31)34(37)35(33)28-19-11-10-18-25(28)22-12-4-1-5-13-22/h1-21,26-27,31-32H/t26-,27-,31-,32+/m0/s1. The summed E-state index contributed by atoms with van der Waals surface area (Å²) in [6.07, 6.45) is 4.32. The van der Waals surface area contributed by atoms with E-state index in [1.54, 1.807) is 0 Å². The molecule has 2 bridgehead atoms. The highest BCUT2D eigenvalue weighted by Crippen LogP contribution is 2.59. The summed E-state index contributed by atoms with van der Waals surface area (Å²) < 4.78 is 0. The number of amides is 2. The summed E-state index contributed by atoms with van der Waals surface area (Å²) in [6, 6.07) is 38.4. The van der Waals surface area contributed by atoms with Gasteiger partial charge in [-0.3, -0.25) is 9.59 Å². The maximum Gasteiger partial charge on any atom is 0.238 e. The van der Waals surface area contributed by atoms with Crippen molar-refractivity contribution in [2.45, 2.75) is 0 Å². The molecule has 7 rings (SSSR count). The molecule has 1 aliphatic heterocycles. The molecule has 4 aromatic rings. The van der Waals surface area contributed by atoms with Crippen LogP contribution in [0.2, 0.25) is 0 Å². The lowest BCUT2D eigenvalue weighted by molar-refractivity contribution is -0.122. The van der Waals surface area contributed by atoms with Gasteiger partial charge in [0.15, 0.2) is 0 Å². The maximum absolute atomic E-state index is 14.1. The Morgan fingerprint density at radius 3 is 1.54 bits per heavy atom. The van der Waals surface area contributed by atoms with E-state index in [-0.39, 0.29) is 35.5 Å². The Balaban J connectivity index is 1.35. The summed E-state index contributed by atoms with van der Waals surface area (Å²) in [5, 5.41) is 0. The number of anilines is 1. The molecule has 0 N–H and O–H groups in total. The van der Waals surface area contributed by atoms with E-state index in [2.05, 4.69) is 36.4 Å². The molecular formula is C34H25NO2. The first-order valence-electron chi connectivity index (χ1n) is 12.8. The van der Waals surface area contributed by atoms with E-state index in [0.29, 0.717) is 5.69 Å². The summed E-state index contributed by atoms with van der Waals surface area (Å²) in [4.78, 5) is 29.6. The number of hydrogen-bond donors (Lipinski definition) is 0. The van der Waals surface area contributed by atoms with Crippen LogP contribution in [0.5, 0.6) is 0 Å². The highest BCUT2D eigenvalue weighted by molar-refractivity contribution is 6.24. The number of hydrogen-bond acceptors (Lipinski definition) is 2. The number of carbonyl (C=O) groups is 2. The topological polar surface area (TPSA) is 37.4 Å². The van der Waals surface area contributed by atoms with Crippen LogP contribution in [0.25, 0.3) is 16.7 Å². The van der Waals surface area contributed by atoms with Crippen LogP contribution >= 0.6 is 0 Å². The summed E-state index contributed by atoms with van der Waals surface area (Å²) in [5.41, 5.74) is 7.15. The second kappa shape index (κ2) is 8.56. The molecule has 0 spiro atoms. The van der Waals surface area contributed by atoms with Crippen LogP contribution in [0.1, 0.15) is 11.1 Å². The molecule has 0 aromatic heterocycles. The highest BCUT2D eigenvalue weighted by Gasteiger charge is 2.62. The van der Waals surface area contributed by atoms with E-state index in [0.717, 1.165) is 27.8 Å². The smallest absolute Gasteiger partial charge is 0.238 e. The van der Waals surface area contributed by atoms with Crippen molar-refractivity contribution in [3.05, 3.63) is 144 Å². The molecule has 2 amide bonds. The van der Waals surface area contributed by atoms with Crippen molar-refractivity contribution in [3.63, 3.8) is 0 Å². The summed E-state index contributed by atoms with van der Waals surface area (Å²) in [6.45, 7) is 0. The van der Waals surface area contributed by atoms with Crippen LogP contribution in [0.15, 0.2) is 133 Å². The van der Waals surface area contributed by atoms with E-state index >= 15 is 0 Å². The van der Waals surface area contributed by atoms with Gasteiger partial charge in [-0.15, -0.1) is 0 Å². The lowest BCUT2D eigenvalue weighted by Crippen LogP contribution is -2.33. The van der Waals surface area contributed by atoms with Crippen molar-refractivity contribution in [2.24, 2.45) is 23.7 Å². The second-order valence-corrected chi connectivity index (χ2v) is 9.95. The minimum Gasteiger partial charge on any atom is -0.274 e.